The number of benzene rings is 1. The molecule has 24 heavy (non-hydrogen) atoms. The largest absolute Gasteiger partial charge is 0.417 e. The van der Waals surface area contributed by atoms with E-state index in [4.69, 9.17) is 17.0 Å². The van der Waals surface area contributed by atoms with Crippen molar-refractivity contribution in [3.8, 4) is 0 Å². The van der Waals surface area contributed by atoms with Crippen LogP contribution in [-0.2, 0) is 6.18 Å². The topological polar surface area (TPSA) is 53.0 Å². The summed E-state index contributed by atoms with van der Waals surface area (Å²) in [5, 5.41) is 10.3. The molecule has 0 fully saturated rings. The van der Waals surface area contributed by atoms with Crippen LogP contribution in [0, 0.1) is 12.3 Å². The Balaban J connectivity index is 2.40. The fourth-order valence-corrected chi connectivity index (χ4v) is 3.29. The van der Waals surface area contributed by atoms with Gasteiger partial charge in [-0.15, -0.1) is 11.3 Å². The quantitative estimate of drug-likeness (QED) is 0.657. The molecule has 2 aromatic rings. The molecule has 0 radical (unpaired) electrons. The van der Waals surface area contributed by atoms with E-state index in [0.29, 0.717) is 22.7 Å². The van der Waals surface area contributed by atoms with Crippen molar-refractivity contribution in [2.75, 3.05) is 5.32 Å². The van der Waals surface area contributed by atoms with Gasteiger partial charge < -0.3 is 10.7 Å². The number of carbonyl (C=O) groups is 1. The van der Waals surface area contributed by atoms with Gasteiger partial charge in [0, 0.05) is 9.90 Å². The Labute approximate surface area is 146 Å². The van der Waals surface area contributed by atoms with Crippen molar-refractivity contribution in [2.24, 2.45) is 0 Å². The molecule has 0 aliphatic heterocycles. The summed E-state index contributed by atoms with van der Waals surface area (Å²) in [6.07, 6.45) is -4.24. The van der Waals surface area contributed by atoms with Crippen LogP contribution in [0.2, 0.25) is 5.02 Å². The monoisotopic (exact) mass is 374 g/mol. The van der Waals surface area contributed by atoms with Gasteiger partial charge in [-0.3, -0.25) is 4.79 Å². The first-order valence-corrected chi connectivity index (χ1v) is 8.19. The molecule has 1 amide bonds. The van der Waals surface area contributed by atoms with Crippen molar-refractivity contribution in [2.45, 2.75) is 26.4 Å². The first kappa shape index (κ1) is 18.5. The Hall–Kier alpha value is -1.86. The van der Waals surface area contributed by atoms with Crippen LogP contribution in [-0.4, -0.2) is 11.6 Å². The zero-order chi connectivity index (χ0) is 18.1. The maximum Gasteiger partial charge on any atom is 0.417 e. The lowest BCUT2D eigenvalue weighted by atomic mass is 10.1. The van der Waals surface area contributed by atoms with Gasteiger partial charge in [-0.2, -0.15) is 13.2 Å². The molecule has 128 valence electrons. The summed E-state index contributed by atoms with van der Waals surface area (Å²) in [4.78, 5) is 13.7. The van der Waals surface area contributed by atoms with Crippen LogP contribution in [0.3, 0.4) is 0 Å². The lowest BCUT2D eigenvalue weighted by Gasteiger charge is -2.13. The van der Waals surface area contributed by atoms with Gasteiger partial charge in [0.1, 0.15) is 0 Å². The molecule has 0 spiro atoms. The van der Waals surface area contributed by atoms with Gasteiger partial charge in [0.2, 0.25) is 0 Å². The van der Waals surface area contributed by atoms with Crippen molar-refractivity contribution in [3.63, 3.8) is 0 Å². The van der Waals surface area contributed by atoms with Crippen LogP contribution in [0.1, 0.15) is 39.0 Å². The second kappa shape index (κ2) is 6.94. The molecule has 0 bridgehead atoms. The summed E-state index contributed by atoms with van der Waals surface area (Å²) >= 11 is 6.93. The van der Waals surface area contributed by atoms with Crippen molar-refractivity contribution < 1.29 is 18.0 Å². The fraction of sp³-hybridized carbons (Fsp3) is 0.250. The third-order valence-electron chi connectivity index (χ3n) is 3.26. The average molecular weight is 375 g/mol. The van der Waals surface area contributed by atoms with Crippen LogP contribution < -0.4 is 5.32 Å². The third-order valence-corrected chi connectivity index (χ3v) is 4.61. The van der Waals surface area contributed by atoms with E-state index in [0.717, 1.165) is 17.0 Å². The number of thiophene rings is 1. The highest BCUT2D eigenvalue weighted by Gasteiger charge is 2.35. The summed E-state index contributed by atoms with van der Waals surface area (Å²) < 4.78 is 39.4. The van der Waals surface area contributed by atoms with Gasteiger partial charge in [0.15, 0.2) is 0 Å². The standard InChI is InChI=1S/C16H14ClF3N2OS/c1-3-12(21)14-13(6-8(2)24-14)22-15(23)10-5-4-9(17)7-11(10)16(18,19)20/h4-7,21H,3H2,1-2H3,(H,22,23). The molecule has 0 aliphatic rings. The number of halogens is 4. The minimum Gasteiger partial charge on any atom is -0.321 e. The molecule has 0 unspecified atom stereocenters. The van der Waals surface area contributed by atoms with E-state index < -0.39 is 23.2 Å². The minimum atomic E-state index is -4.69. The molecule has 0 saturated carbocycles. The number of hydrogen-bond acceptors (Lipinski definition) is 3. The highest BCUT2D eigenvalue weighted by atomic mass is 35.5. The van der Waals surface area contributed by atoms with Gasteiger partial charge in [-0.25, -0.2) is 0 Å². The zero-order valence-electron chi connectivity index (χ0n) is 12.8. The maximum atomic E-state index is 13.1. The van der Waals surface area contributed by atoms with Crippen LogP contribution in [0.4, 0.5) is 18.9 Å². The van der Waals surface area contributed by atoms with Crippen LogP contribution in [0.5, 0.6) is 0 Å². The maximum absolute atomic E-state index is 13.1. The number of aryl methyl sites for hydroxylation is 1. The highest BCUT2D eigenvalue weighted by Crippen LogP contribution is 2.35. The average Bonchev–Trinajstić information content (AvgIpc) is 2.85. The van der Waals surface area contributed by atoms with Crippen LogP contribution in [0.25, 0.3) is 0 Å². The summed E-state index contributed by atoms with van der Waals surface area (Å²) in [5.74, 6) is -0.887. The lowest BCUT2D eigenvalue weighted by molar-refractivity contribution is -0.137. The van der Waals surface area contributed by atoms with E-state index in [1.807, 2.05) is 0 Å². The molecule has 1 aromatic carbocycles. The second-order valence-corrected chi connectivity index (χ2v) is 6.77. The van der Waals surface area contributed by atoms with Gasteiger partial charge in [-0.05, 0) is 37.6 Å². The lowest BCUT2D eigenvalue weighted by Crippen LogP contribution is -2.19. The summed E-state index contributed by atoms with van der Waals surface area (Å²) in [7, 11) is 0. The van der Waals surface area contributed by atoms with Gasteiger partial charge in [-0.1, -0.05) is 18.5 Å². The molecule has 0 aliphatic carbocycles. The van der Waals surface area contributed by atoms with Crippen molar-refractivity contribution in [3.05, 3.63) is 50.2 Å². The predicted octanol–water partition coefficient (Wildman–Crippen LogP) is 5.76. The smallest absolute Gasteiger partial charge is 0.321 e. The Bertz CT molecular complexity index is 799. The summed E-state index contributed by atoms with van der Waals surface area (Å²) in [6.45, 7) is 3.60. The molecule has 3 nitrogen and oxygen atoms in total. The highest BCUT2D eigenvalue weighted by molar-refractivity contribution is 7.14. The molecular weight excluding hydrogens is 361 g/mol. The molecule has 1 heterocycles. The van der Waals surface area contributed by atoms with Crippen LogP contribution in [0.15, 0.2) is 24.3 Å². The van der Waals surface area contributed by atoms with E-state index in [2.05, 4.69) is 5.32 Å². The van der Waals surface area contributed by atoms with E-state index in [-0.39, 0.29) is 5.02 Å². The SMILES string of the molecule is CCC(=N)c1sc(C)cc1NC(=O)c1ccc(Cl)cc1C(F)(F)F. The number of rotatable bonds is 4. The first-order chi connectivity index (χ1) is 11.1. The molecule has 8 heteroatoms. The molecule has 2 N–H and O–H groups in total. The van der Waals surface area contributed by atoms with Crippen molar-refractivity contribution >= 4 is 40.2 Å². The normalized spacial score (nSPS) is 11.4. The molecule has 1 aromatic heterocycles. The zero-order valence-corrected chi connectivity index (χ0v) is 14.4. The van der Waals surface area contributed by atoms with Crippen molar-refractivity contribution in [1.82, 2.24) is 0 Å². The molecular formula is C16H14ClF3N2OS. The van der Waals surface area contributed by atoms with Crippen molar-refractivity contribution in [1.29, 1.82) is 5.41 Å². The van der Waals surface area contributed by atoms with Gasteiger partial charge in [0.25, 0.3) is 5.91 Å². The third kappa shape index (κ3) is 3.96. The molecule has 0 saturated heterocycles. The molecule has 0 atom stereocenters. The predicted molar refractivity (Wildman–Crippen MR) is 90.6 cm³/mol. The number of nitrogens with one attached hydrogen (secondary N) is 2. The number of amides is 1. The number of hydrogen-bond donors (Lipinski definition) is 2. The van der Waals surface area contributed by atoms with Gasteiger partial charge >= 0.3 is 6.18 Å². The van der Waals surface area contributed by atoms with E-state index in [1.165, 1.54) is 17.4 Å². The summed E-state index contributed by atoms with van der Waals surface area (Å²) in [5.41, 5.74) is -0.940. The van der Waals surface area contributed by atoms with E-state index in [1.54, 1.807) is 19.9 Å². The number of anilines is 1. The Morgan fingerprint density at radius 3 is 2.58 bits per heavy atom. The minimum absolute atomic E-state index is 0.0984. The number of carbonyl (C=O) groups excluding carboxylic acids is 1. The number of alkyl halides is 3. The second-order valence-electron chi connectivity index (χ2n) is 5.07. The van der Waals surface area contributed by atoms with E-state index in [9.17, 15) is 18.0 Å². The van der Waals surface area contributed by atoms with Gasteiger partial charge in [0.05, 0.1) is 27.4 Å². The first-order valence-electron chi connectivity index (χ1n) is 6.99. The van der Waals surface area contributed by atoms with E-state index >= 15 is 0 Å². The Morgan fingerprint density at radius 2 is 2.00 bits per heavy atom. The molecule has 2 rings (SSSR count). The van der Waals surface area contributed by atoms with Crippen LogP contribution >= 0.6 is 22.9 Å². The Kier molecular flexibility index (Phi) is 5.35. The Morgan fingerprint density at radius 1 is 1.33 bits per heavy atom. The fourth-order valence-electron chi connectivity index (χ4n) is 2.13. The summed E-state index contributed by atoms with van der Waals surface area (Å²) in [6, 6.07) is 4.65.